The van der Waals surface area contributed by atoms with Crippen molar-refractivity contribution in [1.82, 2.24) is 4.98 Å². The van der Waals surface area contributed by atoms with Gasteiger partial charge in [-0.15, -0.1) is 0 Å². The van der Waals surface area contributed by atoms with Crippen LogP contribution >= 0.6 is 11.8 Å². The summed E-state index contributed by atoms with van der Waals surface area (Å²) >= 11 is 1.97. The summed E-state index contributed by atoms with van der Waals surface area (Å²) < 4.78 is 11.1. The average molecular weight is 309 g/mol. The molecule has 2 rings (SSSR count). The molecule has 1 aromatic rings. The van der Waals surface area contributed by atoms with Crippen molar-refractivity contribution in [3.05, 3.63) is 24.0 Å². The van der Waals surface area contributed by atoms with Crippen LogP contribution in [-0.4, -0.2) is 30.1 Å². The molecular formula is C17H27NO2S. The first kappa shape index (κ1) is 16.6. The minimum atomic E-state index is 0.215. The van der Waals surface area contributed by atoms with Gasteiger partial charge in [0.1, 0.15) is 5.75 Å². The van der Waals surface area contributed by atoms with E-state index in [2.05, 4.69) is 11.1 Å². The lowest BCUT2D eigenvalue weighted by Crippen LogP contribution is -2.15. The van der Waals surface area contributed by atoms with Crippen molar-refractivity contribution in [3.8, 4) is 5.75 Å². The average Bonchev–Trinajstić information content (AvgIpc) is 2.48. The van der Waals surface area contributed by atoms with E-state index in [-0.39, 0.29) is 6.10 Å². The van der Waals surface area contributed by atoms with Crippen molar-refractivity contribution < 1.29 is 9.47 Å². The molecule has 118 valence electrons. The molecule has 1 saturated heterocycles. The van der Waals surface area contributed by atoms with Crippen LogP contribution < -0.4 is 4.74 Å². The van der Waals surface area contributed by atoms with Crippen LogP contribution in [0.2, 0.25) is 0 Å². The van der Waals surface area contributed by atoms with Gasteiger partial charge < -0.3 is 9.47 Å². The number of rotatable bonds is 8. The maximum atomic E-state index is 5.70. The Bertz CT molecular complexity index is 406. The van der Waals surface area contributed by atoms with Gasteiger partial charge in [0.25, 0.3) is 0 Å². The number of aromatic nitrogens is 1. The Labute approximate surface area is 132 Å². The standard InChI is InChI=1S/C17H27NO2S/c1-14(2)20-17-5-8-18-16(12-17)13-21-11-3-4-15-6-9-19-10-7-15/h5,8,12,14-15H,3-4,6-7,9-11,13H2,1-2H3. The lowest BCUT2D eigenvalue weighted by Gasteiger charge is -2.21. The van der Waals surface area contributed by atoms with E-state index in [9.17, 15) is 0 Å². The van der Waals surface area contributed by atoms with Crippen molar-refractivity contribution in [3.63, 3.8) is 0 Å². The lowest BCUT2D eigenvalue weighted by atomic mass is 9.95. The van der Waals surface area contributed by atoms with Gasteiger partial charge in [-0.3, -0.25) is 4.98 Å². The second-order valence-electron chi connectivity index (χ2n) is 5.90. The normalized spacial score (nSPS) is 16.3. The van der Waals surface area contributed by atoms with E-state index >= 15 is 0 Å². The zero-order chi connectivity index (χ0) is 14.9. The molecule has 0 aromatic carbocycles. The molecule has 1 aliphatic heterocycles. The monoisotopic (exact) mass is 309 g/mol. The van der Waals surface area contributed by atoms with E-state index in [0.29, 0.717) is 0 Å². The quantitative estimate of drug-likeness (QED) is 0.670. The maximum absolute atomic E-state index is 5.70. The summed E-state index contributed by atoms with van der Waals surface area (Å²) in [6.45, 7) is 6.02. The summed E-state index contributed by atoms with van der Waals surface area (Å²) in [5, 5.41) is 0. The third kappa shape index (κ3) is 6.70. The van der Waals surface area contributed by atoms with Crippen molar-refractivity contribution in [2.24, 2.45) is 5.92 Å². The van der Waals surface area contributed by atoms with Gasteiger partial charge in [-0.1, -0.05) is 0 Å². The molecule has 0 amide bonds. The van der Waals surface area contributed by atoms with Crippen LogP contribution in [0.5, 0.6) is 5.75 Å². The SMILES string of the molecule is CC(C)Oc1ccnc(CSCCCC2CCOCC2)c1. The van der Waals surface area contributed by atoms with E-state index in [1.807, 2.05) is 37.9 Å². The molecule has 0 spiro atoms. The zero-order valence-corrected chi connectivity index (χ0v) is 14.0. The van der Waals surface area contributed by atoms with Crippen LogP contribution in [0.1, 0.15) is 45.2 Å². The molecule has 0 atom stereocenters. The van der Waals surface area contributed by atoms with Crippen molar-refractivity contribution in [2.45, 2.75) is 51.4 Å². The third-order valence-corrected chi connectivity index (χ3v) is 4.73. The summed E-state index contributed by atoms with van der Waals surface area (Å²) in [4.78, 5) is 4.42. The Hall–Kier alpha value is -0.740. The first-order valence-electron chi connectivity index (χ1n) is 8.01. The highest BCUT2D eigenvalue weighted by Crippen LogP contribution is 2.22. The molecular weight excluding hydrogens is 282 g/mol. The van der Waals surface area contributed by atoms with E-state index in [0.717, 1.165) is 36.3 Å². The highest BCUT2D eigenvalue weighted by Gasteiger charge is 2.12. The molecule has 0 aliphatic carbocycles. The smallest absolute Gasteiger partial charge is 0.123 e. The molecule has 4 heteroatoms. The fraction of sp³-hybridized carbons (Fsp3) is 0.706. The van der Waals surface area contributed by atoms with E-state index < -0.39 is 0 Å². The van der Waals surface area contributed by atoms with Crippen LogP contribution in [0.4, 0.5) is 0 Å². The molecule has 1 aliphatic rings. The number of nitrogens with zero attached hydrogens (tertiary/aromatic N) is 1. The van der Waals surface area contributed by atoms with Gasteiger partial charge >= 0.3 is 0 Å². The van der Waals surface area contributed by atoms with Gasteiger partial charge in [-0.25, -0.2) is 0 Å². The van der Waals surface area contributed by atoms with Gasteiger partial charge in [0.15, 0.2) is 0 Å². The first-order valence-corrected chi connectivity index (χ1v) is 9.16. The molecule has 1 fully saturated rings. The Balaban J connectivity index is 1.61. The van der Waals surface area contributed by atoms with E-state index in [1.54, 1.807) is 0 Å². The van der Waals surface area contributed by atoms with Gasteiger partial charge in [-0.2, -0.15) is 11.8 Å². The maximum Gasteiger partial charge on any atom is 0.123 e. The Morgan fingerprint density at radius 3 is 2.95 bits per heavy atom. The van der Waals surface area contributed by atoms with E-state index in [4.69, 9.17) is 9.47 Å². The summed E-state index contributed by atoms with van der Waals surface area (Å²) in [5.41, 5.74) is 1.12. The van der Waals surface area contributed by atoms with Crippen LogP contribution in [0, 0.1) is 5.92 Å². The minimum Gasteiger partial charge on any atom is -0.491 e. The molecule has 1 aromatic heterocycles. The molecule has 0 bridgehead atoms. The number of pyridine rings is 1. The van der Waals surface area contributed by atoms with Gasteiger partial charge in [-0.05, 0) is 57.3 Å². The predicted molar refractivity (Wildman–Crippen MR) is 88.9 cm³/mol. The largest absolute Gasteiger partial charge is 0.491 e. The Morgan fingerprint density at radius 1 is 1.38 bits per heavy atom. The minimum absolute atomic E-state index is 0.215. The highest BCUT2D eigenvalue weighted by atomic mass is 32.2. The molecule has 0 saturated carbocycles. The van der Waals surface area contributed by atoms with E-state index in [1.165, 1.54) is 31.4 Å². The zero-order valence-electron chi connectivity index (χ0n) is 13.2. The first-order chi connectivity index (χ1) is 10.2. The van der Waals surface area contributed by atoms with Crippen LogP contribution in [0.3, 0.4) is 0 Å². The summed E-state index contributed by atoms with van der Waals surface area (Å²) in [7, 11) is 0. The van der Waals surface area contributed by atoms with Gasteiger partial charge in [0.05, 0.1) is 11.8 Å². The molecule has 0 unspecified atom stereocenters. The van der Waals surface area contributed by atoms with Gasteiger partial charge in [0.2, 0.25) is 0 Å². The topological polar surface area (TPSA) is 31.4 Å². The molecule has 21 heavy (non-hydrogen) atoms. The number of thioether (sulfide) groups is 1. The number of hydrogen-bond donors (Lipinski definition) is 0. The summed E-state index contributed by atoms with van der Waals surface area (Å²) in [6, 6.07) is 3.99. The molecule has 3 nitrogen and oxygen atoms in total. The van der Waals surface area contributed by atoms with Crippen molar-refractivity contribution in [1.29, 1.82) is 0 Å². The van der Waals surface area contributed by atoms with Crippen LogP contribution in [0.15, 0.2) is 18.3 Å². The predicted octanol–water partition coefficient (Wildman–Crippen LogP) is 4.31. The summed E-state index contributed by atoms with van der Waals surface area (Å²) in [5.74, 6) is 4.01. The fourth-order valence-electron chi connectivity index (χ4n) is 2.57. The second-order valence-corrected chi connectivity index (χ2v) is 7.01. The van der Waals surface area contributed by atoms with Crippen molar-refractivity contribution >= 4 is 11.8 Å². The molecule has 2 heterocycles. The Morgan fingerprint density at radius 2 is 2.19 bits per heavy atom. The van der Waals surface area contributed by atoms with Crippen molar-refractivity contribution in [2.75, 3.05) is 19.0 Å². The summed E-state index contributed by atoms with van der Waals surface area (Å²) in [6.07, 6.45) is 7.21. The third-order valence-electron chi connectivity index (χ3n) is 3.65. The van der Waals surface area contributed by atoms with Crippen LogP contribution in [-0.2, 0) is 10.5 Å². The molecule has 0 N–H and O–H groups in total. The fourth-order valence-corrected chi connectivity index (χ4v) is 3.45. The second kappa shape index (κ2) is 9.31. The van der Waals surface area contributed by atoms with Gasteiger partial charge in [0, 0.05) is 31.2 Å². The number of hydrogen-bond acceptors (Lipinski definition) is 4. The molecule has 0 radical (unpaired) electrons. The van der Waals surface area contributed by atoms with Crippen LogP contribution in [0.25, 0.3) is 0 Å². The highest BCUT2D eigenvalue weighted by molar-refractivity contribution is 7.98. The Kier molecular flexibility index (Phi) is 7.37. The lowest BCUT2D eigenvalue weighted by molar-refractivity contribution is 0.0638. The number of ether oxygens (including phenoxy) is 2.